The van der Waals surface area contributed by atoms with Gasteiger partial charge in [-0.05, 0) is 13.0 Å². The number of likely N-dealkylation sites (N-methyl/N-ethyl adjacent to an activating group) is 1. The average molecular weight is 207 g/mol. The molecule has 1 heterocycles. The van der Waals surface area contributed by atoms with Crippen LogP contribution in [0.5, 0.6) is 5.75 Å². The van der Waals surface area contributed by atoms with Crippen LogP contribution in [0.3, 0.4) is 0 Å². The molecule has 80 valence electrons. The fourth-order valence-electron chi connectivity index (χ4n) is 1.69. The van der Waals surface area contributed by atoms with Gasteiger partial charge in [-0.2, -0.15) is 0 Å². The maximum atomic E-state index is 11.3. The number of carbonyl (C=O) groups excluding carboxylic acids is 1. The molecular weight excluding hydrogens is 194 g/mol. The van der Waals surface area contributed by atoms with E-state index in [2.05, 4.69) is 0 Å². The zero-order chi connectivity index (χ0) is 10.8. The third kappa shape index (κ3) is 1.75. The van der Waals surface area contributed by atoms with Crippen LogP contribution in [-0.4, -0.2) is 29.2 Å². The van der Waals surface area contributed by atoms with Crippen molar-refractivity contribution in [3.05, 3.63) is 29.8 Å². The SMILES string of the molecule is CCN1CC(c2ccccc2O)OC1=O. The molecule has 1 N–H and O–H groups in total. The van der Waals surface area contributed by atoms with Crippen LogP contribution in [0, 0.1) is 0 Å². The highest BCUT2D eigenvalue weighted by atomic mass is 16.6. The Labute approximate surface area is 88.1 Å². The number of hydrogen-bond donors (Lipinski definition) is 1. The average Bonchev–Trinajstić information content (AvgIpc) is 2.60. The summed E-state index contributed by atoms with van der Waals surface area (Å²) in [5, 5.41) is 9.61. The highest BCUT2D eigenvalue weighted by Crippen LogP contribution is 2.31. The number of ether oxygens (including phenoxy) is 1. The van der Waals surface area contributed by atoms with Crippen LogP contribution >= 0.6 is 0 Å². The second-order valence-electron chi connectivity index (χ2n) is 3.47. The van der Waals surface area contributed by atoms with E-state index in [1.165, 1.54) is 0 Å². The van der Waals surface area contributed by atoms with E-state index in [1.807, 2.05) is 13.0 Å². The number of para-hydroxylation sites is 1. The van der Waals surface area contributed by atoms with Gasteiger partial charge in [0.2, 0.25) is 0 Å². The molecule has 0 spiro atoms. The molecule has 1 amide bonds. The minimum absolute atomic E-state index is 0.174. The van der Waals surface area contributed by atoms with Gasteiger partial charge in [-0.3, -0.25) is 0 Å². The number of hydrogen-bond acceptors (Lipinski definition) is 3. The van der Waals surface area contributed by atoms with Gasteiger partial charge in [-0.25, -0.2) is 4.79 Å². The highest BCUT2D eigenvalue weighted by Gasteiger charge is 2.32. The first kappa shape index (κ1) is 9.83. The Kier molecular flexibility index (Phi) is 2.49. The van der Waals surface area contributed by atoms with E-state index in [1.54, 1.807) is 23.1 Å². The smallest absolute Gasteiger partial charge is 0.410 e. The molecule has 1 aliphatic heterocycles. The molecule has 0 aromatic heterocycles. The third-order valence-electron chi connectivity index (χ3n) is 2.55. The Bertz CT molecular complexity index is 378. The number of cyclic esters (lactones) is 1. The highest BCUT2D eigenvalue weighted by molar-refractivity contribution is 5.70. The molecule has 1 saturated heterocycles. The summed E-state index contributed by atoms with van der Waals surface area (Å²) < 4.78 is 5.16. The number of amides is 1. The lowest BCUT2D eigenvalue weighted by molar-refractivity contribution is 0.132. The Morgan fingerprint density at radius 3 is 2.87 bits per heavy atom. The topological polar surface area (TPSA) is 49.8 Å². The minimum Gasteiger partial charge on any atom is -0.508 e. The molecular formula is C11H13NO3. The van der Waals surface area contributed by atoms with Gasteiger partial charge < -0.3 is 14.7 Å². The summed E-state index contributed by atoms with van der Waals surface area (Å²) in [5.41, 5.74) is 0.668. The van der Waals surface area contributed by atoms with Gasteiger partial charge in [0, 0.05) is 12.1 Å². The number of phenols is 1. The first-order valence-electron chi connectivity index (χ1n) is 4.96. The number of phenolic OH excluding ortho intramolecular Hbond substituents is 1. The molecule has 0 saturated carbocycles. The normalized spacial score (nSPS) is 20.5. The van der Waals surface area contributed by atoms with Gasteiger partial charge in [-0.15, -0.1) is 0 Å². The Morgan fingerprint density at radius 1 is 1.53 bits per heavy atom. The quantitative estimate of drug-likeness (QED) is 0.805. The molecule has 0 radical (unpaired) electrons. The Balaban J connectivity index is 2.21. The molecule has 0 aliphatic carbocycles. The van der Waals surface area contributed by atoms with Crippen molar-refractivity contribution >= 4 is 6.09 Å². The van der Waals surface area contributed by atoms with E-state index in [4.69, 9.17) is 4.74 Å². The van der Waals surface area contributed by atoms with Crippen LogP contribution in [-0.2, 0) is 4.74 Å². The molecule has 4 nitrogen and oxygen atoms in total. The molecule has 1 unspecified atom stereocenters. The predicted octanol–water partition coefficient (Wildman–Crippen LogP) is 1.91. The lowest BCUT2D eigenvalue weighted by Crippen LogP contribution is -2.23. The number of aromatic hydroxyl groups is 1. The fourth-order valence-corrected chi connectivity index (χ4v) is 1.69. The van der Waals surface area contributed by atoms with Crippen molar-refractivity contribution in [3.8, 4) is 5.75 Å². The molecule has 2 rings (SSSR count). The summed E-state index contributed by atoms with van der Waals surface area (Å²) in [6, 6.07) is 6.93. The van der Waals surface area contributed by atoms with Crippen LogP contribution in [0.1, 0.15) is 18.6 Å². The molecule has 1 aromatic carbocycles. The van der Waals surface area contributed by atoms with Gasteiger partial charge in [0.15, 0.2) is 0 Å². The van der Waals surface area contributed by atoms with E-state index in [9.17, 15) is 9.90 Å². The largest absolute Gasteiger partial charge is 0.508 e. The first-order chi connectivity index (χ1) is 7.22. The number of benzene rings is 1. The second-order valence-corrected chi connectivity index (χ2v) is 3.47. The Morgan fingerprint density at radius 2 is 2.27 bits per heavy atom. The molecule has 0 bridgehead atoms. The van der Waals surface area contributed by atoms with Crippen LogP contribution < -0.4 is 0 Å². The van der Waals surface area contributed by atoms with Crippen molar-refractivity contribution in [2.75, 3.05) is 13.1 Å². The molecule has 1 aliphatic rings. The van der Waals surface area contributed by atoms with Crippen molar-refractivity contribution in [2.45, 2.75) is 13.0 Å². The summed E-state index contributed by atoms with van der Waals surface area (Å²) in [7, 11) is 0. The van der Waals surface area contributed by atoms with E-state index >= 15 is 0 Å². The van der Waals surface area contributed by atoms with Crippen molar-refractivity contribution < 1.29 is 14.6 Å². The first-order valence-corrected chi connectivity index (χ1v) is 4.96. The van der Waals surface area contributed by atoms with Gasteiger partial charge >= 0.3 is 6.09 Å². The summed E-state index contributed by atoms with van der Waals surface area (Å²) in [4.78, 5) is 12.9. The van der Waals surface area contributed by atoms with Crippen LogP contribution in [0.25, 0.3) is 0 Å². The number of nitrogens with zero attached hydrogens (tertiary/aromatic N) is 1. The summed E-state index contributed by atoms with van der Waals surface area (Å²) in [6.07, 6.45) is -0.663. The second kappa shape index (κ2) is 3.81. The fraction of sp³-hybridized carbons (Fsp3) is 0.364. The van der Waals surface area contributed by atoms with Gasteiger partial charge in [-0.1, -0.05) is 18.2 Å². The molecule has 1 atom stereocenters. The standard InChI is InChI=1S/C11H13NO3/c1-2-12-7-10(15-11(12)14)8-5-3-4-6-9(8)13/h3-6,10,13H,2,7H2,1H3. The van der Waals surface area contributed by atoms with E-state index in [0.29, 0.717) is 18.7 Å². The molecule has 1 aromatic rings. The predicted molar refractivity (Wildman–Crippen MR) is 54.6 cm³/mol. The van der Waals surface area contributed by atoms with E-state index in [0.717, 1.165) is 0 Å². The van der Waals surface area contributed by atoms with Crippen molar-refractivity contribution in [1.82, 2.24) is 4.90 Å². The maximum absolute atomic E-state index is 11.3. The number of rotatable bonds is 2. The molecule has 1 fully saturated rings. The van der Waals surface area contributed by atoms with Crippen molar-refractivity contribution in [1.29, 1.82) is 0 Å². The van der Waals surface area contributed by atoms with Crippen LogP contribution in [0.15, 0.2) is 24.3 Å². The monoisotopic (exact) mass is 207 g/mol. The lowest BCUT2D eigenvalue weighted by Gasteiger charge is -2.10. The minimum atomic E-state index is -0.348. The van der Waals surface area contributed by atoms with Crippen molar-refractivity contribution in [3.63, 3.8) is 0 Å². The Hall–Kier alpha value is -1.71. The van der Waals surface area contributed by atoms with E-state index in [-0.39, 0.29) is 17.9 Å². The summed E-state index contributed by atoms with van der Waals surface area (Å²) in [6.45, 7) is 3.03. The molecule has 15 heavy (non-hydrogen) atoms. The summed E-state index contributed by atoms with van der Waals surface area (Å²) >= 11 is 0. The van der Waals surface area contributed by atoms with E-state index < -0.39 is 0 Å². The van der Waals surface area contributed by atoms with Gasteiger partial charge in [0.25, 0.3) is 0 Å². The van der Waals surface area contributed by atoms with Gasteiger partial charge in [0.1, 0.15) is 11.9 Å². The third-order valence-corrected chi connectivity index (χ3v) is 2.55. The zero-order valence-corrected chi connectivity index (χ0v) is 8.51. The number of carbonyl (C=O) groups is 1. The van der Waals surface area contributed by atoms with Gasteiger partial charge in [0.05, 0.1) is 6.54 Å². The van der Waals surface area contributed by atoms with Crippen LogP contribution in [0.2, 0.25) is 0 Å². The maximum Gasteiger partial charge on any atom is 0.410 e. The summed E-state index contributed by atoms with van der Waals surface area (Å²) in [5.74, 6) is 0.174. The van der Waals surface area contributed by atoms with Crippen LogP contribution in [0.4, 0.5) is 4.79 Å². The lowest BCUT2D eigenvalue weighted by atomic mass is 10.1. The zero-order valence-electron chi connectivity index (χ0n) is 8.51. The van der Waals surface area contributed by atoms with Crippen molar-refractivity contribution in [2.24, 2.45) is 0 Å². The molecule has 4 heteroatoms.